The number of benzene rings is 11. The van der Waals surface area contributed by atoms with Crippen LogP contribution < -0.4 is 15.7 Å². The molecule has 0 nitrogen and oxygen atoms in total. The van der Waals surface area contributed by atoms with Crippen molar-refractivity contribution in [1.29, 1.82) is 0 Å². The minimum atomic E-state index is -0.223. The summed E-state index contributed by atoms with van der Waals surface area (Å²) >= 11 is 0. The second-order valence-electron chi connectivity index (χ2n) is 19.1. The fourth-order valence-corrected chi connectivity index (χ4v) is 11.8. The van der Waals surface area contributed by atoms with Crippen molar-refractivity contribution in [3.8, 4) is 77.9 Å². The molecule has 1 heteroatoms. The Balaban J connectivity index is 1.01. The van der Waals surface area contributed by atoms with Crippen molar-refractivity contribution in [2.24, 2.45) is 0 Å². The van der Waals surface area contributed by atoms with Gasteiger partial charge in [-0.1, -0.05) is 231 Å². The average molecular weight is 901 g/mol. The smallest absolute Gasteiger partial charge is 0.00295 e. The van der Waals surface area contributed by atoms with Gasteiger partial charge in [-0.05, 0) is 178 Å². The molecule has 0 radical (unpaired) electrons. The lowest BCUT2D eigenvalue weighted by molar-refractivity contribution is 1.12. The molecule has 1 aliphatic rings. The monoisotopic (exact) mass is 900 g/mol. The van der Waals surface area contributed by atoms with Crippen molar-refractivity contribution in [1.82, 2.24) is 0 Å². The van der Waals surface area contributed by atoms with E-state index in [-0.39, 0.29) is 7.92 Å². The topological polar surface area (TPSA) is 0 Å². The Morgan fingerprint density at radius 2 is 0.681 bits per heavy atom. The first kappa shape index (κ1) is 42.7. The fourth-order valence-electron chi connectivity index (χ4n) is 11.0. The molecule has 0 spiro atoms. The van der Waals surface area contributed by atoms with Gasteiger partial charge in [0.1, 0.15) is 0 Å². The van der Waals surface area contributed by atoms with Gasteiger partial charge in [0.2, 0.25) is 0 Å². The highest BCUT2D eigenvalue weighted by atomic mass is 31.1. The lowest BCUT2D eigenvalue weighted by Gasteiger charge is -2.19. The fraction of sp³-hybridized carbons (Fsp3) is 0.0882. The Hall–Kier alpha value is -7.63. The molecular weight excluding hydrogens is 848 g/mol. The molecule has 12 rings (SSSR count). The van der Waals surface area contributed by atoms with Gasteiger partial charge in [0.05, 0.1) is 0 Å². The van der Waals surface area contributed by atoms with Gasteiger partial charge in [-0.2, -0.15) is 0 Å². The van der Waals surface area contributed by atoms with Crippen LogP contribution >= 0.6 is 7.92 Å². The number of hydrogen-bond donors (Lipinski definition) is 0. The van der Waals surface area contributed by atoms with Gasteiger partial charge < -0.3 is 0 Å². The molecule has 0 saturated carbocycles. The molecule has 11 aromatic rings. The second kappa shape index (κ2) is 17.8. The molecule has 0 saturated heterocycles. The second-order valence-corrected chi connectivity index (χ2v) is 21.4. The quantitative estimate of drug-likeness (QED) is 0.133. The minimum absolute atomic E-state index is 0.223. The van der Waals surface area contributed by atoms with Crippen molar-refractivity contribution >= 4 is 57.7 Å². The van der Waals surface area contributed by atoms with Gasteiger partial charge in [0.15, 0.2) is 0 Å². The van der Waals surface area contributed by atoms with E-state index in [9.17, 15) is 0 Å². The summed E-state index contributed by atoms with van der Waals surface area (Å²) in [6.45, 7) is 9.03. The third kappa shape index (κ3) is 7.80. The lowest BCUT2D eigenvalue weighted by Crippen LogP contribution is -2.31. The van der Waals surface area contributed by atoms with Crippen molar-refractivity contribution in [3.05, 3.63) is 234 Å². The summed E-state index contributed by atoms with van der Waals surface area (Å²) in [5.41, 5.74) is 20.2. The molecule has 69 heavy (non-hydrogen) atoms. The molecule has 330 valence electrons. The van der Waals surface area contributed by atoms with E-state index in [1.54, 1.807) is 0 Å². The molecule has 0 aromatic heterocycles. The van der Waals surface area contributed by atoms with E-state index < -0.39 is 0 Å². The summed E-state index contributed by atoms with van der Waals surface area (Å²) in [6.07, 6.45) is 7.04. The van der Waals surface area contributed by atoms with Crippen molar-refractivity contribution in [2.75, 3.05) is 13.3 Å². The zero-order valence-electron chi connectivity index (χ0n) is 39.7. The zero-order valence-corrected chi connectivity index (χ0v) is 40.6. The third-order valence-electron chi connectivity index (χ3n) is 14.4. The number of hydrogen-bond acceptors (Lipinski definition) is 0. The minimum Gasteiger partial charge on any atom is -0.0817 e. The van der Waals surface area contributed by atoms with E-state index in [0.717, 1.165) is 12.8 Å². The van der Waals surface area contributed by atoms with Crippen LogP contribution in [0.3, 0.4) is 0 Å². The molecule has 0 amide bonds. The summed E-state index contributed by atoms with van der Waals surface area (Å²) in [7, 11) is -0.223. The molecule has 0 aliphatic heterocycles. The van der Waals surface area contributed by atoms with Crippen LogP contribution in [0.5, 0.6) is 0 Å². The van der Waals surface area contributed by atoms with Gasteiger partial charge in [-0.3, -0.25) is 0 Å². The highest BCUT2D eigenvalue weighted by Crippen LogP contribution is 2.41. The molecule has 1 aliphatic carbocycles. The van der Waals surface area contributed by atoms with Crippen molar-refractivity contribution < 1.29 is 0 Å². The van der Waals surface area contributed by atoms with Gasteiger partial charge >= 0.3 is 0 Å². The number of aryl methyl sites for hydroxylation is 2. The first-order valence-electron chi connectivity index (χ1n) is 24.3. The van der Waals surface area contributed by atoms with Crippen LogP contribution in [0.4, 0.5) is 0 Å². The maximum Gasteiger partial charge on any atom is -0.00295 e. The van der Waals surface area contributed by atoms with Gasteiger partial charge in [-0.15, -0.1) is 0 Å². The molecule has 0 unspecified atom stereocenters. The van der Waals surface area contributed by atoms with Crippen molar-refractivity contribution in [2.45, 2.75) is 26.7 Å². The van der Waals surface area contributed by atoms with Gasteiger partial charge in [0, 0.05) is 0 Å². The highest BCUT2D eigenvalue weighted by Gasteiger charge is 2.19. The average Bonchev–Trinajstić information content (AvgIpc) is 3.39. The van der Waals surface area contributed by atoms with E-state index in [1.807, 2.05) is 0 Å². The Morgan fingerprint density at radius 3 is 1.14 bits per heavy atom. The predicted octanol–water partition coefficient (Wildman–Crippen LogP) is 17.2. The molecular formula is C68H53P. The highest BCUT2D eigenvalue weighted by molar-refractivity contribution is 7.64. The van der Waals surface area contributed by atoms with Gasteiger partial charge in [-0.25, -0.2) is 0 Å². The van der Waals surface area contributed by atoms with E-state index >= 15 is 0 Å². The van der Waals surface area contributed by atoms with Crippen LogP contribution in [0.15, 0.2) is 212 Å². The summed E-state index contributed by atoms with van der Waals surface area (Å²) in [4.78, 5) is 0. The lowest BCUT2D eigenvalue weighted by atomic mass is 9.84. The predicted molar refractivity (Wildman–Crippen MR) is 302 cm³/mol. The van der Waals surface area contributed by atoms with Crippen LogP contribution in [0.1, 0.15) is 24.0 Å². The maximum absolute atomic E-state index is 2.50. The van der Waals surface area contributed by atoms with Gasteiger partial charge in [0.25, 0.3) is 0 Å². The summed E-state index contributed by atoms with van der Waals surface area (Å²) in [6, 6.07) is 79.9. The zero-order chi connectivity index (χ0) is 46.6. The van der Waals surface area contributed by atoms with E-state index in [0.29, 0.717) is 0 Å². The largest absolute Gasteiger partial charge is 0.0817 e. The molecule has 11 aromatic carbocycles. The Labute approximate surface area is 407 Å². The van der Waals surface area contributed by atoms with Crippen LogP contribution in [0.2, 0.25) is 0 Å². The first-order valence-corrected chi connectivity index (χ1v) is 26.6. The normalized spacial score (nSPS) is 12.3. The van der Waals surface area contributed by atoms with E-state index in [2.05, 4.69) is 252 Å². The van der Waals surface area contributed by atoms with Crippen LogP contribution in [0.25, 0.3) is 122 Å². The van der Waals surface area contributed by atoms with Crippen molar-refractivity contribution in [3.63, 3.8) is 0 Å². The summed E-state index contributed by atoms with van der Waals surface area (Å²) in [5, 5.41) is 11.8. The standard InChI is InChI=1S/C68H53P/c1-44-14-11-17-52(40-44)57-38-36-55(59-20-5-7-22-61(57)59)46-26-30-48(31-27-46)67-63-24-9-10-25-64(63)68(66-43-51(34-35-65(66)67)50-16-13-19-54(42-50)69(3)4)49-32-28-47(29-33-49)56-37-39-58(53-18-12-15-45(2)41-53)62-23-8-6-21-60(56)62/h5-8,11-43H,9-10H2,1-4H3. The molecule has 0 heterocycles. The molecule has 0 fully saturated rings. The van der Waals surface area contributed by atoms with Crippen LogP contribution in [-0.4, -0.2) is 13.3 Å². The Kier molecular flexibility index (Phi) is 11.0. The Morgan fingerprint density at radius 1 is 0.290 bits per heavy atom. The SMILES string of the molecule is Cc1cccc(-c2ccc(-c3ccc(-c4c5c(c(-c6ccc(-c7ccc(-c8cccc(C)c8)c8ccccc78)cc6)c6cc(-c7cccc(P(C)C)c7)ccc46)=CCCC=5)cc3)c3ccccc23)c1. The van der Waals surface area contributed by atoms with Crippen LogP contribution in [0, 0.1) is 13.8 Å². The van der Waals surface area contributed by atoms with E-state index in [1.165, 1.54) is 137 Å². The third-order valence-corrected chi connectivity index (χ3v) is 15.7. The van der Waals surface area contributed by atoms with Crippen LogP contribution in [-0.2, 0) is 0 Å². The molecule has 0 bridgehead atoms. The first-order chi connectivity index (χ1) is 33.9. The summed E-state index contributed by atoms with van der Waals surface area (Å²) in [5.74, 6) is 0. The number of fused-ring (bicyclic) bond motifs is 4. The molecule has 0 N–H and O–H groups in total. The Bertz CT molecular complexity index is 3930. The van der Waals surface area contributed by atoms with E-state index in [4.69, 9.17) is 0 Å². The number of rotatable bonds is 8. The maximum atomic E-state index is 2.50. The molecule has 0 atom stereocenters. The summed E-state index contributed by atoms with van der Waals surface area (Å²) < 4.78 is 0.